The maximum Gasteiger partial charge on any atom is 0.331 e. The molecule has 29 heavy (non-hydrogen) atoms. The molecule has 152 valence electrons. The van der Waals surface area contributed by atoms with Crippen molar-refractivity contribution >= 4 is 17.5 Å². The molecule has 0 bridgehead atoms. The largest absolute Gasteiger partial charge is 0.331 e. The second-order valence-electron chi connectivity index (χ2n) is 7.74. The summed E-state index contributed by atoms with van der Waals surface area (Å²) in [6, 6.07) is 12.5. The van der Waals surface area contributed by atoms with Gasteiger partial charge >= 0.3 is 5.97 Å². The fraction of sp³-hybridized carbons (Fsp3) is 0.400. The predicted octanol–water partition coefficient (Wildman–Crippen LogP) is 6.04. The van der Waals surface area contributed by atoms with Gasteiger partial charge in [-0.2, -0.15) is 0 Å². The number of oxime groups is 1. The van der Waals surface area contributed by atoms with Crippen LogP contribution < -0.4 is 0 Å². The number of ketones is 1. The van der Waals surface area contributed by atoms with Crippen LogP contribution in [0.15, 0.2) is 41.6 Å². The van der Waals surface area contributed by atoms with Crippen molar-refractivity contribution in [1.82, 2.24) is 0 Å². The minimum atomic E-state index is -0.432. The summed E-state index contributed by atoms with van der Waals surface area (Å²) in [5.41, 5.74) is 7.19. The molecule has 0 saturated heterocycles. The van der Waals surface area contributed by atoms with E-state index in [9.17, 15) is 9.59 Å². The second kappa shape index (κ2) is 8.32. The van der Waals surface area contributed by atoms with Gasteiger partial charge in [0.15, 0.2) is 5.78 Å². The lowest BCUT2D eigenvalue weighted by Gasteiger charge is -2.30. The third-order valence-corrected chi connectivity index (χ3v) is 6.10. The number of nitrogens with zero attached hydrogens (tertiary/aromatic N) is 1. The molecule has 0 unspecified atom stereocenters. The van der Waals surface area contributed by atoms with Crippen molar-refractivity contribution in [2.45, 2.75) is 65.7 Å². The van der Waals surface area contributed by atoms with Crippen molar-refractivity contribution in [3.05, 3.63) is 58.7 Å². The molecule has 0 radical (unpaired) electrons. The average Bonchev–Trinajstić information content (AvgIpc) is 3.00. The van der Waals surface area contributed by atoms with E-state index in [1.54, 1.807) is 0 Å². The summed E-state index contributed by atoms with van der Waals surface area (Å²) in [6.07, 6.45) is 3.32. The number of Topliss-reactive ketones (excluding diaryl/α,β-unsaturated/α-hetero) is 1. The van der Waals surface area contributed by atoms with Crippen molar-refractivity contribution in [2.75, 3.05) is 0 Å². The first-order valence-corrected chi connectivity index (χ1v) is 10.4. The lowest BCUT2D eigenvalue weighted by molar-refractivity contribution is -0.140. The van der Waals surface area contributed by atoms with E-state index in [1.807, 2.05) is 26.0 Å². The Balaban J connectivity index is 2.13. The fourth-order valence-electron chi connectivity index (χ4n) is 4.46. The van der Waals surface area contributed by atoms with Crippen LogP contribution in [-0.2, 0) is 15.0 Å². The molecule has 0 atom stereocenters. The van der Waals surface area contributed by atoms with Crippen LogP contribution >= 0.6 is 0 Å². The summed E-state index contributed by atoms with van der Waals surface area (Å²) in [6.45, 7) is 9.62. The zero-order chi connectivity index (χ0) is 21.2. The molecule has 2 aromatic carbocycles. The molecule has 0 spiro atoms. The first-order chi connectivity index (χ1) is 13.9. The zero-order valence-corrected chi connectivity index (χ0v) is 18.0. The normalized spacial score (nSPS) is 14.3. The third-order valence-electron chi connectivity index (χ3n) is 6.10. The molecule has 0 saturated carbocycles. The Morgan fingerprint density at radius 1 is 0.897 bits per heavy atom. The highest BCUT2D eigenvalue weighted by molar-refractivity contribution is 6.01. The molecule has 1 aliphatic rings. The molecule has 2 aromatic rings. The van der Waals surface area contributed by atoms with Gasteiger partial charge in [0.25, 0.3) is 0 Å². The third kappa shape index (κ3) is 3.64. The molecule has 0 fully saturated rings. The molecule has 0 aromatic heterocycles. The molecule has 4 heteroatoms. The van der Waals surface area contributed by atoms with Crippen LogP contribution in [0.2, 0.25) is 0 Å². The number of carbonyl (C=O) groups excluding carboxylic acids is 2. The van der Waals surface area contributed by atoms with Crippen LogP contribution in [0.3, 0.4) is 0 Å². The van der Waals surface area contributed by atoms with Crippen molar-refractivity contribution in [2.24, 2.45) is 5.16 Å². The van der Waals surface area contributed by atoms with Gasteiger partial charge in [-0.1, -0.05) is 50.2 Å². The number of fused-ring (bicyclic) bond motifs is 3. The van der Waals surface area contributed by atoms with Gasteiger partial charge in [-0.05, 0) is 66.1 Å². The lowest BCUT2D eigenvalue weighted by atomic mass is 9.73. The highest BCUT2D eigenvalue weighted by Gasteiger charge is 2.41. The molecule has 0 heterocycles. The van der Waals surface area contributed by atoms with Gasteiger partial charge in [-0.25, -0.2) is 4.79 Å². The van der Waals surface area contributed by atoms with E-state index < -0.39 is 5.97 Å². The molecule has 3 rings (SSSR count). The predicted molar refractivity (Wildman–Crippen MR) is 116 cm³/mol. The van der Waals surface area contributed by atoms with E-state index in [0.717, 1.165) is 30.4 Å². The van der Waals surface area contributed by atoms with E-state index in [-0.39, 0.29) is 11.2 Å². The topological polar surface area (TPSA) is 55.7 Å². The van der Waals surface area contributed by atoms with E-state index in [4.69, 9.17) is 4.84 Å². The number of hydrogen-bond donors (Lipinski definition) is 0. The van der Waals surface area contributed by atoms with Crippen LogP contribution in [0.4, 0.5) is 0 Å². The summed E-state index contributed by atoms with van der Waals surface area (Å²) in [7, 11) is 0. The fourth-order valence-corrected chi connectivity index (χ4v) is 4.46. The number of benzene rings is 2. The molecule has 4 nitrogen and oxygen atoms in total. The van der Waals surface area contributed by atoms with Crippen molar-refractivity contribution in [1.29, 1.82) is 0 Å². The van der Waals surface area contributed by atoms with E-state index >= 15 is 0 Å². The van der Waals surface area contributed by atoms with Crippen molar-refractivity contribution in [3.8, 4) is 11.1 Å². The Bertz CT molecular complexity index is 984. The maximum atomic E-state index is 12.5. The Kier molecular flexibility index (Phi) is 6.02. The molecular formula is C25H29NO3. The summed E-state index contributed by atoms with van der Waals surface area (Å²) in [5.74, 6) is -0.226. The van der Waals surface area contributed by atoms with E-state index in [1.165, 1.54) is 29.2 Å². The van der Waals surface area contributed by atoms with Gasteiger partial charge in [0.05, 0.1) is 5.71 Å². The SMILES string of the molecule is CCCC(=O)c1ccc2c(c1)C(CC)(CC)c1cc(C(C)=NOC(C)=O)ccc1-2. The summed E-state index contributed by atoms with van der Waals surface area (Å²) < 4.78 is 0. The molecule has 0 amide bonds. The Labute approximate surface area is 173 Å². The van der Waals surface area contributed by atoms with Gasteiger partial charge in [0.2, 0.25) is 0 Å². The van der Waals surface area contributed by atoms with Crippen molar-refractivity contribution < 1.29 is 14.4 Å². The smallest absolute Gasteiger partial charge is 0.318 e. The highest BCUT2D eigenvalue weighted by Crippen LogP contribution is 2.53. The Morgan fingerprint density at radius 3 is 1.97 bits per heavy atom. The lowest BCUT2D eigenvalue weighted by Crippen LogP contribution is -2.23. The van der Waals surface area contributed by atoms with Gasteiger partial charge in [-0.15, -0.1) is 0 Å². The van der Waals surface area contributed by atoms with Crippen molar-refractivity contribution in [3.63, 3.8) is 0 Å². The van der Waals surface area contributed by atoms with Gasteiger partial charge in [0, 0.05) is 24.3 Å². The van der Waals surface area contributed by atoms with Gasteiger partial charge in [0.1, 0.15) is 0 Å². The van der Waals surface area contributed by atoms with Crippen LogP contribution in [0, 0.1) is 0 Å². The monoisotopic (exact) mass is 391 g/mol. The van der Waals surface area contributed by atoms with Gasteiger partial charge in [-0.3, -0.25) is 4.79 Å². The first-order valence-electron chi connectivity index (χ1n) is 10.4. The summed E-state index contributed by atoms with van der Waals surface area (Å²) in [4.78, 5) is 28.4. The molecule has 0 aliphatic heterocycles. The quantitative estimate of drug-likeness (QED) is 0.250. The van der Waals surface area contributed by atoms with E-state index in [2.05, 4.69) is 43.3 Å². The molecular weight excluding hydrogens is 362 g/mol. The van der Waals surface area contributed by atoms with Crippen LogP contribution in [0.25, 0.3) is 11.1 Å². The van der Waals surface area contributed by atoms with Gasteiger partial charge < -0.3 is 4.84 Å². The van der Waals surface area contributed by atoms with Crippen LogP contribution in [-0.4, -0.2) is 17.5 Å². The molecule has 1 aliphatic carbocycles. The average molecular weight is 392 g/mol. The maximum absolute atomic E-state index is 12.5. The summed E-state index contributed by atoms with van der Waals surface area (Å²) in [5, 5.41) is 3.95. The number of rotatable bonds is 7. The molecule has 0 N–H and O–H groups in total. The number of hydrogen-bond acceptors (Lipinski definition) is 4. The van der Waals surface area contributed by atoms with Crippen LogP contribution in [0.5, 0.6) is 0 Å². The standard InChI is InChI=1S/C25H29NO3/c1-6-9-24(28)19-11-13-21-20-12-10-18(16(4)26-29-17(5)27)14-22(20)25(7-2,8-3)23(21)15-19/h10-15H,6-9H2,1-5H3. The highest BCUT2D eigenvalue weighted by atomic mass is 16.7. The zero-order valence-electron chi connectivity index (χ0n) is 18.0. The Hall–Kier alpha value is -2.75. The minimum absolute atomic E-state index is 0.134. The first kappa shape index (κ1) is 21.0. The second-order valence-corrected chi connectivity index (χ2v) is 7.74. The van der Waals surface area contributed by atoms with Crippen LogP contribution in [0.1, 0.15) is 87.4 Å². The Morgan fingerprint density at radius 2 is 1.45 bits per heavy atom. The number of carbonyl (C=O) groups is 2. The minimum Gasteiger partial charge on any atom is -0.318 e. The van der Waals surface area contributed by atoms with E-state index in [0.29, 0.717) is 12.1 Å². The summed E-state index contributed by atoms with van der Waals surface area (Å²) >= 11 is 0.